The topological polar surface area (TPSA) is 48.1 Å². The van der Waals surface area contributed by atoms with Crippen LogP contribution < -0.4 is 5.73 Å². The Labute approximate surface area is 130 Å². The van der Waals surface area contributed by atoms with Crippen molar-refractivity contribution in [2.75, 3.05) is 5.73 Å². The molecule has 1 saturated carbocycles. The molecule has 1 fully saturated rings. The van der Waals surface area contributed by atoms with Crippen molar-refractivity contribution in [3.8, 4) is 0 Å². The fraction of sp³-hybridized carbons (Fsp3) is 0.389. The summed E-state index contributed by atoms with van der Waals surface area (Å²) in [5.41, 5.74) is 8.45. The van der Waals surface area contributed by atoms with E-state index in [4.69, 9.17) is 10.5 Å². The number of hydrogen-bond donors (Lipinski definition) is 1. The lowest BCUT2D eigenvalue weighted by molar-refractivity contribution is 0.0120. The lowest BCUT2D eigenvalue weighted by Crippen LogP contribution is -2.21. The third-order valence-electron chi connectivity index (χ3n) is 4.38. The minimum Gasteiger partial charge on any atom is -0.397 e. The first-order chi connectivity index (χ1) is 10.7. The summed E-state index contributed by atoms with van der Waals surface area (Å²) in [6.07, 6.45) is 6.03. The highest BCUT2D eigenvalue weighted by atomic mass is 19.1. The van der Waals surface area contributed by atoms with Crippen LogP contribution in [0.5, 0.6) is 0 Å². The Morgan fingerprint density at radius 2 is 1.95 bits per heavy atom. The second-order valence-corrected chi connectivity index (χ2v) is 5.88. The summed E-state index contributed by atoms with van der Waals surface area (Å²) in [7, 11) is 0. The summed E-state index contributed by atoms with van der Waals surface area (Å²) >= 11 is 0. The van der Waals surface area contributed by atoms with Crippen LogP contribution in [0.15, 0.2) is 42.6 Å². The summed E-state index contributed by atoms with van der Waals surface area (Å²) < 4.78 is 19.2. The van der Waals surface area contributed by atoms with Crippen LogP contribution in [0.25, 0.3) is 0 Å². The molecule has 0 saturated heterocycles. The molecule has 2 N–H and O–H groups in total. The van der Waals surface area contributed by atoms with Crippen LogP contribution >= 0.6 is 0 Å². The number of halogens is 1. The van der Waals surface area contributed by atoms with E-state index in [0.717, 1.165) is 36.9 Å². The first kappa shape index (κ1) is 15.0. The predicted molar refractivity (Wildman–Crippen MR) is 84.8 cm³/mol. The molecule has 0 amide bonds. The van der Waals surface area contributed by atoms with E-state index in [1.54, 1.807) is 18.3 Å². The number of anilines is 1. The summed E-state index contributed by atoms with van der Waals surface area (Å²) in [4.78, 5) is 4.24. The summed E-state index contributed by atoms with van der Waals surface area (Å²) in [6, 6.07) is 10.6. The molecule has 1 aliphatic carbocycles. The Kier molecular flexibility index (Phi) is 4.68. The molecule has 4 heteroatoms. The number of ether oxygens (including phenoxy) is 1. The van der Waals surface area contributed by atoms with E-state index in [9.17, 15) is 4.39 Å². The smallest absolute Gasteiger partial charge is 0.123 e. The van der Waals surface area contributed by atoms with Crippen LogP contribution in [0.4, 0.5) is 10.1 Å². The summed E-state index contributed by atoms with van der Waals surface area (Å²) in [5, 5.41) is 0. The maximum Gasteiger partial charge on any atom is 0.123 e. The molecule has 0 radical (unpaired) electrons. The van der Waals surface area contributed by atoms with Crippen molar-refractivity contribution in [3.63, 3.8) is 0 Å². The van der Waals surface area contributed by atoms with Crippen molar-refractivity contribution in [1.82, 2.24) is 4.98 Å². The van der Waals surface area contributed by atoms with Crippen LogP contribution in [-0.2, 0) is 11.3 Å². The van der Waals surface area contributed by atoms with Crippen LogP contribution in [-0.4, -0.2) is 11.1 Å². The Hall–Kier alpha value is -1.94. The van der Waals surface area contributed by atoms with Gasteiger partial charge < -0.3 is 10.5 Å². The molecule has 3 nitrogen and oxygen atoms in total. The van der Waals surface area contributed by atoms with Gasteiger partial charge in [-0.3, -0.25) is 4.98 Å². The summed E-state index contributed by atoms with van der Waals surface area (Å²) in [5.74, 6) is 0.289. The van der Waals surface area contributed by atoms with E-state index in [1.165, 1.54) is 6.07 Å². The molecule has 2 aromatic rings. The van der Waals surface area contributed by atoms with E-state index in [-0.39, 0.29) is 11.9 Å². The Morgan fingerprint density at radius 3 is 2.68 bits per heavy atom. The third-order valence-corrected chi connectivity index (χ3v) is 4.38. The molecular weight excluding hydrogens is 279 g/mol. The molecule has 1 aliphatic rings. The van der Waals surface area contributed by atoms with Gasteiger partial charge in [-0.15, -0.1) is 0 Å². The molecule has 0 aliphatic heterocycles. The molecule has 0 unspecified atom stereocenters. The zero-order valence-electron chi connectivity index (χ0n) is 12.5. The van der Waals surface area contributed by atoms with E-state index in [0.29, 0.717) is 18.2 Å². The Balaban J connectivity index is 1.51. The minimum atomic E-state index is -0.151. The zero-order chi connectivity index (χ0) is 15.4. The van der Waals surface area contributed by atoms with Gasteiger partial charge in [0.15, 0.2) is 0 Å². The van der Waals surface area contributed by atoms with Crippen LogP contribution in [0, 0.1) is 5.82 Å². The Bertz CT molecular complexity index is 624. The SMILES string of the molecule is Nc1cccnc1COC1CCC(c2cccc(F)c2)CC1. The third kappa shape index (κ3) is 3.63. The molecule has 0 spiro atoms. The maximum atomic E-state index is 13.3. The number of pyridine rings is 1. The quantitative estimate of drug-likeness (QED) is 0.926. The number of nitrogens with zero attached hydrogens (tertiary/aromatic N) is 1. The number of benzene rings is 1. The van der Waals surface area contributed by atoms with Gasteiger partial charge in [0.25, 0.3) is 0 Å². The number of hydrogen-bond acceptors (Lipinski definition) is 3. The van der Waals surface area contributed by atoms with E-state index in [2.05, 4.69) is 4.98 Å². The first-order valence-electron chi connectivity index (χ1n) is 7.79. The fourth-order valence-electron chi connectivity index (χ4n) is 3.09. The molecule has 0 atom stereocenters. The highest BCUT2D eigenvalue weighted by Crippen LogP contribution is 2.34. The van der Waals surface area contributed by atoms with Crippen molar-refractivity contribution in [2.45, 2.75) is 44.3 Å². The van der Waals surface area contributed by atoms with Gasteiger partial charge in [0, 0.05) is 6.20 Å². The summed E-state index contributed by atoms with van der Waals surface area (Å²) in [6.45, 7) is 0.460. The first-order valence-corrected chi connectivity index (χ1v) is 7.79. The minimum absolute atomic E-state index is 0.151. The van der Waals surface area contributed by atoms with Gasteiger partial charge >= 0.3 is 0 Å². The van der Waals surface area contributed by atoms with Crippen molar-refractivity contribution in [2.24, 2.45) is 0 Å². The van der Waals surface area contributed by atoms with E-state index in [1.807, 2.05) is 18.2 Å². The van der Waals surface area contributed by atoms with Gasteiger partial charge in [0.05, 0.1) is 24.1 Å². The molecule has 1 aromatic carbocycles. The number of rotatable bonds is 4. The second-order valence-electron chi connectivity index (χ2n) is 5.88. The molecular formula is C18H21FN2O. The van der Waals surface area contributed by atoms with Crippen LogP contribution in [0.3, 0.4) is 0 Å². The average molecular weight is 300 g/mol. The Morgan fingerprint density at radius 1 is 1.14 bits per heavy atom. The predicted octanol–water partition coefficient (Wildman–Crippen LogP) is 4.05. The van der Waals surface area contributed by atoms with Crippen LogP contribution in [0.1, 0.15) is 42.9 Å². The molecule has 1 heterocycles. The highest BCUT2D eigenvalue weighted by molar-refractivity contribution is 5.41. The van der Waals surface area contributed by atoms with Crippen molar-refractivity contribution >= 4 is 5.69 Å². The maximum absolute atomic E-state index is 13.3. The molecule has 22 heavy (non-hydrogen) atoms. The van der Waals surface area contributed by atoms with Crippen molar-refractivity contribution in [3.05, 3.63) is 59.7 Å². The van der Waals surface area contributed by atoms with Gasteiger partial charge in [-0.2, -0.15) is 0 Å². The molecule has 3 rings (SSSR count). The largest absolute Gasteiger partial charge is 0.397 e. The van der Waals surface area contributed by atoms with Crippen molar-refractivity contribution < 1.29 is 9.13 Å². The van der Waals surface area contributed by atoms with E-state index < -0.39 is 0 Å². The van der Waals surface area contributed by atoms with Gasteiger partial charge in [-0.05, 0) is 61.4 Å². The molecule has 0 bridgehead atoms. The standard InChI is InChI=1S/C18H21FN2O/c19-15-4-1-3-14(11-15)13-6-8-16(9-7-13)22-12-18-17(20)5-2-10-21-18/h1-5,10-11,13,16H,6-9,12,20H2. The average Bonchev–Trinajstić information content (AvgIpc) is 2.55. The van der Waals surface area contributed by atoms with Gasteiger partial charge in [0.2, 0.25) is 0 Å². The number of aromatic nitrogens is 1. The van der Waals surface area contributed by atoms with Crippen molar-refractivity contribution in [1.29, 1.82) is 0 Å². The lowest BCUT2D eigenvalue weighted by atomic mass is 9.83. The highest BCUT2D eigenvalue weighted by Gasteiger charge is 2.23. The molecule has 116 valence electrons. The monoisotopic (exact) mass is 300 g/mol. The zero-order valence-corrected chi connectivity index (χ0v) is 12.5. The normalized spacial score (nSPS) is 21.7. The lowest BCUT2D eigenvalue weighted by Gasteiger charge is -2.29. The van der Waals surface area contributed by atoms with Gasteiger partial charge in [-0.25, -0.2) is 4.39 Å². The molecule has 1 aromatic heterocycles. The van der Waals surface area contributed by atoms with Crippen LogP contribution in [0.2, 0.25) is 0 Å². The fourth-order valence-corrected chi connectivity index (χ4v) is 3.09. The van der Waals surface area contributed by atoms with Gasteiger partial charge in [-0.1, -0.05) is 12.1 Å². The van der Waals surface area contributed by atoms with Gasteiger partial charge in [0.1, 0.15) is 5.82 Å². The van der Waals surface area contributed by atoms with E-state index >= 15 is 0 Å². The number of nitrogens with two attached hydrogens (primary N) is 1. The number of nitrogen functional groups attached to an aromatic ring is 1. The second kappa shape index (κ2) is 6.88.